The van der Waals surface area contributed by atoms with E-state index in [1.165, 1.54) is 50.5 Å². The number of hydrogen-bond donors (Lipinski definition) is 0. The quantitative estimate of drug-likeness (QED) is 0.447. The zero-order valence-corrected chi connectivity index (χ0v) is 13.7. The molecule has 4 aliphatic rings. The van der Waals surface area contributed by atoms with Crippen molar-refractivity contribution in [2.24, 2.45) is 23.7 Å². The van der Waals surface area contributed by atoms with Crippen LogP contribution in [-0.2, 0) is 4.79 Å². The van der Waals surface area contributed by atoms with Gasteiger partial charge in [0.25, 0.3) is 0 Å². The van der Waals surface area contributed by atoms with E-state index in [0.29, 0.717) is 9.20 Å². The van der Waals surface area contributed by atoms with Crippen LogP contribution in [0.2, 0.25) is 0 Å². The number of rotatable bonds is 0. The molecule has 0 aromatic rings. The van der Waals surface area contributed by atoms with Gasteiger partial charge in [-0.3, -0.25) is 4.79 Å². The normalized spacial score (nSPS) is 49.1. The molecule has 0 aliphatic heterocycles. The van der Waals surface area contributed by atoms with Crippen molar-refractivity contribution in [3.63, 3.8) is 0 Å². The SMILES string of the molecule is O=C1C=C2CC[C@@H]3[C@H](CCC4(I)CCC[C@@H]34)[C@H]2CC1. The predicted molar refractivity (Wildman–Crippen MR) is 85.4 cm³/mol. The molecule has 0 amide bonds. The molecule has 0 heterocycles. The maximum Gasteiger partial charge on any atom is 0.155 e. The summed E-state index contributed by atoms with van der Waals surface area (Å²) in [5.41, 5.74) is 1.52. The summed E-state index contributed by atoms with van der Waals surface area (Å²) in [6.07, 6.45) is 13.9. The average molecular weight is 370 g/mol. The van der Waals surface area contributed by atoms with Crippen LogP contribution in [0.15, 0.2) is 11.6 Å². The van der Waals surface area contributed by atoms with Crippen molar-refractivity contribution in [2.75, 3.05) is 0 Å². The van der Waals surface area contributed by atoms with E-state index < -0.39 is 0 Å². The summed E-state index contributed by atoms with van der Waals surface area (Å²) < 4.78 is 0.643. The minimum Gasteiger partial charge on any atom is -0.295 e. The molecule has 5 atom stereocenters. The second kappa shape index (κ2) is 4.57. The van der Waals surface area contributed by atoms with Gasteiger partial charge in [0.1, 0.15) is 0 Å². The molecule has 0 aromatic heterocycles. The molecule has 4 aliphatic carbocycles. The molecule has 2 heteroatoms. The van der Waals surface area contributed by atoms with Gasteiger partial charge >= 0.3 is 0 Å². The van der Waals surface area contributed by atoms with Gasteiger partial charge in [-0.1, -0.05) is 34.6 Å². The van der Waals surface area contributed by atoms with Gasteiger partial charge in [-0.05, 0) is 74.7 Å². The second-order valence-electron chi connectivity index (χ2n) is 7.27. The van der Waals surface area contributed by atoms with Crippen LogP contribution in [0.3, 0.4) is 0 Å². The Labute approximate surface area is 129 Å². The van der Waals surface area contributed by atoms with Gasteiger partial charge in [-0.15, -0.1) is 0 Å². The minimum absolute atomic E-state index is 0.393. The molecule has 3 saturated carbocycles. The van der Waals surface area contributed by atoms with Crippen molar-refractivity contribution in [1.82, 2.24) is 0 Å². The van der Waals surface area contributed by atoms with Crippen LogP contribution in [0.5, 0.6) is 0 Å². The largest absolute Gasteiger partial charge is 0.295 e. The highest BCUT2D eigenvalue weighted by Gasteiger charge is 2.53. The Morgan fingerprint density at radius 1 is 1.05 bits per heavy atom. The number of ketones is 1. The summed E-state index contributed by atoms with van der Waals surface area (Å²) in [5, 5.41) is 0. The van der Waals surface area contributed by atoms with E-state index in [4.69, 9.17) is 0 Å². The molecule has 3 fully saturated rings. The number of halogens is 1. The number of allylic oxidation sites excluding steroid dienone is 1. The molecule has 19 heavy (non-hydrogen) atoms. The lowest BCUT2D eigenvalue weighted by molar-refractivity contribution is -0.115. The molecule has 0 radical (unpaired) electrons. The van der Waals surface area contributed by atoms with E-state index in [9.17, 15) is 4.79 Å². The lowest BCUT2D eigenvalue weighted by Gasteiger charge is -2.52. The van der Waals surface area contributed by atoms with E-state index in [-0.39, 0.29) is 0 Å². The summed E-state index contributed by atoms with van der Waals surface area (Å²) >= 11 is 2.81. The Hall–Kier alpha value is 0.140. The Kier molecular flexibility index (Phi) is 3.09. The van der Waals surface area contributed by atoms with Crippen LogP contribution in [0.1, 0.15) is 57.8 Å². The smallest absolute Gasteiger partial charge is 0.155 e. The maximum absolute atomic E-state index is 11.6. The monoisotopic (exact) mass is 370 g/mol. The molecule has 104 valence electrons. The molecule has 1 nitrogen and oxygen atoms in total. The van der Waals surface area contributed by atoms with E-state index in [1.54, 1.807) is 0 Å². The van der Waals surface area contributed by atoms with Gasteiger partial charge in [-0.2, -0.15) is 0 Å². The molecule has 0 aromatic carbocycles. The van der Waals surface area contributed by atoms with E-state index in [0.717, 1.165) is 36.5 Å². The zero-order valence-electron chi connectivity index (χ0n) is 11.5. The zero-order chi connectivity index (χ0) is 13.0. The lowest BCUT2D eigenvalue weighted by atomic mass is 9.56. The number of alkyl halides is 1. The van der Waals surface area contributed by atoms with Crippen LogP contribution in [0, 0.1) is 23.7 Å². The average Bonchev–Trinajstić information content (AvgIpc) is 2.79. The van der Waals surface area contributed by atoms with E-state index in [1.807, 2.05) is 6.08 Å². The summed E-state index contributed by atoms with van der Waals surface area (Å²) in [5.74, 6) is 4.05. The summed E-state index contributed by atoms with van der Waals surface area (Å²) in [6, 6.07) is 0. The van der Waals surface area contributed by atoms with E-state index in [2.05, 4.69) is 22.6 Å². The van der Waals surface area contributed by atoms with Crippen molar-refractivity contribution >= 4 is 28.4 Å². The Morgan fingerprint density at radius 2 is 1.95 bits per heavy atom. The van der Waals surface area contributed by atoms with Gasteiger partial charge in [-0.25, -0.2) is 0 Å². The third-order valence-corrected chi connectivity index (χ3v) is 8.42. The van der Waals surface area contributed by atoms with Gasteiger partial charge in [0, 0.05) is 9.84 Å². The molecule has 1 unspecified atom stereocenters. The number of carbonyl (C=O) groups is 1. The van der Waals surface area contributed by atoms with Gasteiger partial charge in [0.05, 0.1) is 0 Å². The first-order valence-corrected chi connectivity index (χ1v) is 9.17. The first-order chi connectivity index (χ1) is 9.17. The maximum atomic E-state index is 11.6. The molecule has 4 rings (SSSR count). The van der Waals surface area contributed by atoms with E-state index >= 15 is 0 Å². The third-order valence-electron chi connectivity index (χ3n) is 6.54. The fourth-order valence-electron chi connectivity index (χ4n) is 5.75. The van der Waals surface area contributed by atoms with Crippen molar-refractivity contribution in [3.8, 4) is 0 Å². The molecule has 0 N–H and O–H groups in total. The molecular formula is C17H23IO. The molecule has 0 bridgehead atoms. The van der Waals surface area contributed by atoms with Crippen LogP contribution in [-0.4, -0.2) is 9.20 Å². The standard InChI is InChI=1S/C17H23IO/c18-17-8-1-2-16(17)15-5-3-11-10-12(19)4-6-13(11)14(15)7-9-17/h10,13-16H,1-9H2/t13-,14+,15+,16-,17?/m0/s1. The highest BCUT2D eigenvalue weighted by molar-refractivity contribution is 14.1. The Balaban J connectivity index is 1.63. The number of fused-ring (bicyclic) bond motifs is 5. The van der Waals surface area contributed by atoms with Crippen molar-refractivity contribution in [1.29, 1.82) is 0 Å². The Morgan fingerprint density at radius 3 is 2.84 bits per heavy atom. The lowest BCUT2D eigenvalue weighted by Crippen LogP contribution is -2.46. The van der Waals surface area contributed by atoms with Gasteiger partial charge in [0.2, 0.25) is 0 Å². The molecule has 0 spiro atoms. The van der Waals surface area contributed by atoms with Crippen LogP contribution in [0.25, 0.3) is 0 Å². The third kappa shape index (κ3) is 1.96. The second-order valence-corrected chi connectivity index (χ2v) is 9.42. The summed E-state index contributed by atoms with van der Waals surface area (Å²) in [6.45, 7) is 0. The van der Waals surface area contributed by atoms with Crippen molar-refractivity contribution in [3.05, 3.63) is 11.6 Å². The summed E-state index contributed by atoms with van der Waals surface area (Å²) in [7, 11) is 0. The first kappa shape index (κ1) is 12.8. The van der Waals surface area contributed by atoms with Crippen molar-refractivity contribution < 1.29 is 4.79 Å². The highest BCUT2D eigenvalue weighted by atomic mass is 127. The topological polar surface area (TPSA) is 17.1 Å². The van der Waals surface area contributed by atoms with Crippen LogP contribution >= 0.6 is 22.6 Å². The number of hydrogen-bond acceptors (Lipinski definition) is 1. The summed E-state index contributed by atoms with van der Waals surface area (Å²) in [4.78, 5) is 11.6. The highest BCUT2D eigenvalue weighted by Crippen LogP contribution is 2.61. The fourth-order valence-corrected chi connectivity index (χ4v) is 7.22. The molecule has 0 saturated heterocycles. The molecular weight excluding hydrogens is 347 g/mol. The van der Waals surface area contributed by atoms with Gasteiger partial charge < -0.3 is 0 Å². The van der Waals surface area contributed by atoms with Crippen molar-refractivity contribution in [2.45, 2.75) is 61.2 Å². The predicted octanol–water partition coefficient (Wildman–Crippen LogP) is 4.69. The minimum atomic E-state index is 0.393. The van der Waals surface area contributed by atoms with Crippen LogP contribution < -0.4 is 0 Å². The van der Waals surface area contributed by atoms with Gasteiger partial charge in [0.15, 0.2) is 5.78 Å². The first-order valence-electron chi connectivity index (χ1n) is 8.10. The number of carbonyl (C=O) groups excluding carboxylic acids is 1. The Bertz CT molecular complexity index is 441. The van der Waals surface area contributed by atoms with Crippen LogP contribution in [0.4, 0.5) is 0 Å². The fraction of sp³-hybridized carbons (Fsp3) is 0.824.